The molecule has 3 nitrogen and oxygen atoms in total. The number of aromatic nitrogens is 2. The van der Waals surface area contributed by atoms with Crippen molar-refractivity contribution in [3.8, 4) is 0 Å². The van der Waals surface area contributed by atoms with Gasteiger partial charge in [-0.15, -0.1) is 0 Å². The highest BCUT2D eigenvalue weighted by Gasteiger charge is 1.89. The summed E-state index contributed by atoms with van der Waals surface area (Å²) < 4.78 is 0. The quantitative estimate of drug-likeness (QED) is 0.547. The number of carbonyl (C=O) groups is 1. The molecule has 86 valence electrons. The topological polar surface area (TPSA) is 42.9 Å². The van der Waals surface area contributed by atoms with Crippen molar-refractivity contribution in [3.05, 3.63) is 18.0 Å². The first kappa shape index (κ1) is 16.5. The van der Waals surface area contributed by atoms with Crippen LogP contribution < -0.4 is 0 Å². The highest BCUT2D eigenvalue weighted by Crippen LogP contribution is 2.05. The Morgan fingerprint density at radius 3 is 2.07 bits per heavy atom. The Bertz CT molecular complexity index is 273. The Hall–Kier alpha value is -0.900. The van der Waals surface area contributed by atoms with Gasteiger partial charge in [-0.3, -0.25) is 0 Å². The summed E-state index contributed by atoms with van der Waals surface area (Å²) in [5.74, 6) is 0.167. The summed E-state index contributed by atoms with van der Waals surface area (Å²) in [7, 11) is 0. The van der Waals surface area contributed by atoms with Crippen molar-refractivity contribution in [2.45, 2.75) is 39.8 Å². The predicted molar refractivity (Wildman–Crippen MR) is 66.3 cm³/mol. The fourth-order valence-corrected chi connectivity index (χ4v) is 0.926. The number of rotatable bonds is 1. The fraction of sp³-hybridized carbons (Fsp3) is 0.545. The summed E-state index contributed by atoms with van der Waals surface area (Å²) in [5, 5.41) is 0.843. The average molecular weight is 228 g/mol. The molecule has 0 fully saturated rings. The van der Waals surface area contributed by atoms with Crippen LogP contribution in [0.4, 0.5) is 0 Å². The molecule has 0 atom stereocenters. The first-order valence-electron chi connectivity index (χ1n) is 4.87. The molecule has 1 aromatic rings. The van der Waals surface area contributed by atoms with Crippen LogP contribution in [-0.4, -0.2) is 22.0 Å². The number of ketones is 1. The van der Waals surface area contributed by atoms with Crippen molar-refractivity contribution in [3.63, 3.8) is 0 Å². The van der Waals surface area contributed by atoms with Crippen molar-refractivity contribution in [2.75, 3.05) is 6.26 Å². The Balaban J connectivity index is 0. The van der Waals surface area contributed by atoms with Gasteiger partial charge in [0.05, 0.1) is 0 Å². The molecular weight excluding hydrogens is 208 g/mol. The van der Waals surface area contributed by atoms with E-state index in [1.807, 2.05) is 33.1 Å². The lowest BCUT2D eigenvalue weighted by Crippen LogP contribution is -1.85. The van der Waals surface area contributed by atoms with Crippen molar-refractivity contribution >= 4 is 17.5 Å². The molecule has 0 N–H and O–H groups in total. The number of hydrogen-bond acceptors (Lipinski definition) is 4. The third kappa shape index (κ3) is 13.1. The van der Waals surface area contributed by atoms with E-state index in [0.717, 1.165) is 10.9 Å². The molecule has 0 aliphatic rings. The highest BCUT2D eigenvalue weighted by molar-refractivity contribution is 7.98. The van der Waals surface area contributed by atoms with Crippen molar-refractivity contribution < 1.29 is 4.79 Å². The zero-order valence-electron chi connectivity index (χ0n) is 10.4. The van der Waals surface area contributed by atoms with E-state index in [1.165, 1.54) is 13.8 Å². The number of carbonyl (C=O) groups excluding carboxylic acids is 1. The lowest BCUT2D eigenvalue weighted by molar-refractivity contribution is -0.114. The van der Waals surface area contributed by atoms with Crippen LogP contribution >= 0.6 is 11.8 Å². The predicted octanol–water partition coefficient (Wildman–Crippen LogP) is 3.13. The molecule has 0 aliphatic heterocycles. The van der Waals surface area contributed by atoms with Gasteiger partial charge in [0.25, 0.3) is 0 Å². The third-order valence-electron chi connectivity index (χ3n) is 0.955. The number of hydrogen-bond donors (Lipinski definition) is 0. The van der Waals surface area contributed by atoms with Crippen LogP contribution in [0.3, 0.4) is 0 Å². The summed E-state index contributed by atoms with van der Waals surface area (Å²) in [6.07, 6.45) is 3.74. The smallest absolute Gasteiger partial charge is 0.187 e. The first-order valence-corrected chi connectivity index (χ1v) is 6.09. The molecule has 0 saturated heterocycles. The monoisotopic (exact) mass is 228 g/mol. The van der Waals surface area contributed by atoms with E-state index in [2.05, 4.69) is 9.97 Å². The molecule has 1 heterocycles. The minimum absolute atomic E-state index is 0.167. The second kappa shape index (κ2) is 11.2. The van der Waals surface area contributed by atoms with E-state index in [-0.39, 0.29) is 5.78 Å². The molecule has 4 heteroatoms. The number of aryl methyl sites for hydroxylation is 1. The van der Waals surface area contributed by atoms with Gasteiger partial charge in [0.2, 0.25) is 0 Å². The molecule has 1 aromatic heterocycles. The van der Waals surface area contributed by atoms with E-state index in [1.54, 1.807) is 18.0 Å². The van der Waals surface area contributed by atoms with Crippen LogP contribution in [0.5, 0.6) is 0 Å². The van der Waals surface area contributed by atoms with Gasteiger partial charge in [0, 0.05) is 11.9 Å². The van der Waals surface area contributed by atoms with Gasteiger partial charge in [0.15, 0.2) is 5.16 Å². The van der Waals surface area contributed by atoms with Gasteiger partial charge in [-0.05, 0) is 33.1 Å². The molecule has 0 amide bonds. The molecule has 0 aliphatic carbocycles. The maximum Gasteiger partial charge on any atom is 0.187 e. The fourth-order valence-electron chi connectivity index (χ4n) is 0.524. The Morgan fingerprint density at radius 2 is 1.80 bits per heavy atom. The van der Waals surface area contributed by atoms with Crippen LogP contribution in [0, 0.1) is 6.92 Å². The summed E-state index contributed by atoms with van der Waals surface area (Å²) >= 11 is 1.56. The number of Topliss-reactive ketones (excluding diaryl/α,β-unsaturated/α-hetero) is 1. The molecule has 0 bridgehead atoms. The maximum atomic E-state index is 9.44. The molecule has 0 unspecified atom stereocenters. The van der Waals surface area contributed by atoms with Gasteiger partial charge in [-0.1, -0.05) is 25.6 Å². The molecular formula is C11H20N2OS. The zero-order valence-corrected chi connectivity index (χ0v) is 11.2. The Kier molecular flexibility index (Phi) is 12.3. The van der Waals surface area contributed by atoms with Crippen molar-refractivity contribution in [1.29, 1.82) is 0 Å². The standard InChI is InChI=1S/C6H8N2S.C3H6O.C2H6/c1-5-3-4-7-6(8-5)9-2;1-3(2)4;1-2/h3-4H,1-2H3;1-2H3;1-2H3. The Morgan fingerprint density at radius 1 is 1.33 bits per heavy atom. The van der Waals surface area contributed by atoms with E-state index >= 15 is 0 Å². The lowest BCUT2D eigenvalue weighted by Gasteiger charge is -1.92. The second-order valence-corrected chi connectivity index (χ2v) is 3.37. The normalized spacial score (nSPS) is 7.87. The summed E-state index contributed by atoms with van der Waals surface area (Å²) in [6, 6.07) is 1.89. The first-order chi connectivity index (χ1) is 7.06. The van der Waals surface area contributed by atoms with Gasteiger partial charge < -0.3 is 4.79 Å². The van der Waals surface area contributed by atoms with Gasteiger partial charge in [-0.2, -0.15) is 0 Å². The van der Waals surface area contributed by atoms with Crippen molar-refractivity contribution in [2.24, 2.45) is 0 Å². The van der Waals surface area contributed by atoms with E-state index < -0.39 is 0 Å². The van der Waals surface area contributed by atoms with Crippen LogP contribution in [0.2, 0.25) is 0 Å². The summed E-state index contributed by atoms with van der Waals surface area (Å²) in [5.41, 5.74) is 1.02. The Labute approximate surface area is 96.7 Å². The van der Waals surface area contributed by atoms with E-state index in [4.69, 9.17) is 0 Å². The molecule has 0 radical (unpaired) electrons. The molecule has 15 heavy (non-hydrogen) atoms. The second-order valence-electron chi connectivity index (χ2n) is 2.59. The van der Waals surface area contributed by atoms with Gasteiger partial charge in [-0.25, -0.2) is 9.97 Å². The van der Waals surface area contributed by atoms with Crippen LogP contribution in [-0.2, 0) is 4.79 Å². The molecule has 0 saturated carbocycles. The maximum absolute atomic E-state index is 9.44. The van der Waals surface area contributed by atoms with Crippen LogP contribution in [0.25, 0.3) is 0 Å². The number of thioether (sulfide) groups is 1. The van der Waals surface area contributed by atoms with E-state index in [9.17, 15) is 4.79 Å². The zero-order chi connectivity index (χ0) is 12.3. The molecule has 0 aromatic carbocycles. The van der Waals surface area contributed by atoms with Crippen molar-refractivity contribution in [1.82, 2.24) is 9.97 Å². The minimum Gasteiger partial charge on any atom is -0.300 e. The minimum atomic E-state index is 0.167. The summed E-state index contributed by atoms with van der Waals surface area (Å²) in [6.45, 7) is 9.02. The lowest BCUT2D eigenvalue weighted by atomic mass is 10.5. The largest absolute Gasteiger partial charge is 0.300 e. The van der Waals surface area contributed by atoms with Gasteiger partial charge >= 0.3 is 0 Å². The average Bonchev–Trinajstić information content (AvgIpc) is 2.20. The van der Waals surface area contributed by atoms with Crippen LogP contribution in [0.1, 0.15) is 33.4 Å². The molecule has 1 rings (SSSR count). The number of nitrogens with zero attached hydrogens (tertiary/aromatic N) is 2. The molecule has 0 spiro atoms. The van der Waals surface area contributed by atoms with Gasteiger partial charge in [0.1, 0.15) is 5.78 Å². The third-order valence-corrected chi connectivity index (χ3v) is 1.52. The van der Waals surface area contributed by atoms with Crippen LogP contribution in [0.15, 0.2) is 17.4 Å². The highest BCUT2D eigenvalue weighted by atomic mass is 32.2. The SMILES string of the molecule is CC.CC(C)=O.CSc1nccc(C)n1. The van der Waals surface area contributed by atoms with E-state index in [0.29, 0.717) is 0 Å². The summed E-state index contributed by atoms with van der Waals surface area (Å²) in [4.78, 5) is 17.6.